The van der Waals surface area contributed by atoms with E-state index < -0.39 is 0 Å². The Hall–Kier alpha value is -1.56. The minimum atomic E-state index is -0.0810. The standard InChI is InChI=1S/C14H25N5O/c1-5-19(9(2)8-18(3)4)14(20)13-11(15)12(16-17-13)10-6-7-10/h9-10H,5-8,15H2,1-4H3,(H,16,17). The maximum atomic E-state index is 12.6. The minimum Gasteiger partial charge on any atom is -0.395 e. The summed E-state index contributed by atoms with van der Waals surface area (Å²) in [5, 5.41) is 7.10. The van der Waals surface area contributed by atoms with E-state index in [9.17, 15) is 4.79 Å². The average molecular weight is 279 g/mol. The van der Waals surface area contributed by atoms with Crippen molar-refractivity contribution in [2.45, 2.75) is 38.6 Å². The van der Waals surface area contributed by atoms with Crippen molar-refractivity contribution in [3.05, 3.63) is 11.4 Å². The van der Waals surface area contributed by atoms with Crippen LogP contribution >= 0.6 is 0 Å². The van der Waals surface area contributed by atoms with Crippen LogP contribution in [0.4, 0.5) is 5.69 Å². The zero-order valence-corrected chi connectivity index (χ0v) is 12.8. The van der Waals surface area contributed by atoms with E-state index in [-0.39, 0.29) is 11.9 Å². The summed E-state index contributed by atoms with van der Waals surface area (Å²) in [6.45, 7) is 5.50. The van der Waals surface area contributed by atoms with Gasteiger partial charge in [0.05, 0.1) is 11.4 Å². The molecule has 0 radical (unpaired) electrons. The fourth-order valence-corrected chi connectivity index (χ4v) is 2.63. The van der Waals surface area contributed by atoms with Gasteiger partial charge in [-0.3, -0.25) is 9.89 Å². The second-order valence-electron chi connectivity index (χ2n) is 5.88. The lowest BCUT2D eigenvalue weighted by Gasteiger charge is -2.29. The number of carbonyl (C=O) groups is 1. The molecule has 1 amide bonds. The van der Waals surface area contributed by atoms with Crippen molar-refractivity contribution in [3.63, 3.8) is 0 Å². The Bertz CT molecular complexity index is 478. The third-order valence-electron chi connectivity index (χ3n) is 3.78. The van der Waals surface area contributed by atoms with Crippen LogP contribution in [0, 0.1) is 0 Å². The van der Waals surface area contributed by atoms with Crippen molar-refractivity contribution in [2.75, 3.05) is 32.9 Å². The van der Waals surface area contributed by atoms with Gasteiger partial charge in [0.2, 0.25) is 0 Å². The van der Waals surface area contributed by atoms with Gasteiger partial charge >= 0.3 is 0 Å². The molecule has 1 aromatic heterocycles. The van der Waals surface area contributed by atoms with Gasteiger partial charge in [-0.25, -0.2) is 0 Å². The predicted molar refractivity (Wildman–Crippen MR) is 79.7 cm³/mol. The van der Waals surface area contributed by atoms with Gasteiger partial charge in [-0.05, 0) is 40.8 Å². The summed E-state index contributed by atoms with van der Waals surface area (Å²) >= 11 is 0. The molecular formula is C14H25N5O. The molecule has 2 rings (SSSR count). The highest BCUT2D eigenvalue weighted by molar-refractivity contribution is 5.98. The van der Waals surface area contributed by atoms with Crippen LogP contribution in [0.25, 0.3) is 0 Å². The third-order valence-corrected chi connectivity index (χ3v) is 3.78. The SMILES string of the molecule is CCN(C(=O)c1n[nH]c(C2CC2)c1N)C(C)CN(C)C. The average Bonchev–Trinajstić information content (AvgIpc) is 3.12. The number of nitrogens with one attached hydrogen (secondary N) is 1. The van der Waals surface area contributed by atoms with Gasteiger partial charge in [0.1, 0.15) is 0 Å². The van der Waals surface area contributed by atoms with Crippen LogP contribution in [0.15, 0.2) is 0 Å². The van der Waals surface area contributed by atoms with Gasteiger partial charge in [-0.15, -0.1) is 0 Å². The molecule has 6 nitrogen and oxygen atoms in total. The molecule has 1 aliphatic rings. The molecule has 112 valence electrons. The van der Waals surface area contributed by atoms with Gasteiger partial charge < -0.3 is 15.5 Å². The number of anilines is 1. The van der Waals surface area contributed by atoms with Gasteiger partial charge in [0.15, 0.2) is 5.69 Å². The first kappa shape index (κ1) is 14.8. The number of H-pyrrole nitrogens is 1. The third kappa shape index (κ3) is 2.95. The zero-order valence-electron chi connectivity index (χ0n) is 12.8. The van der Waals surface area contributed by atoms with Crippen LogP contribution in [0.5, 0.6) is 0 Å². The molecule has 3 N–H and O–H groups in total. The summed E-state index contributed by atoms with van der Waals surface area (Å²) in [5.41, 5.74) is 7.93. The van der Waals surface area contributed by atoms with Crippen LogP contribution in [0.1, 0.15) is 48.8 Å². The number of nitrogens with zero attached hydrogens (tertiary/aromatic N) is 3. The molecule has 1 unspecified atom stereocenters. The molecule has 1 heterocycles. The molecule has 1 aromatic rings. The zero-order chi connectivity index (χ0) is 14.9. The van der Waals surface area contributed by atoms with E-state index in [0.29, 0.717) is 23.8 Å². The Morgan fingerprint density at radius 3 is 2.65 bits per heavy atom. The summed E-state index contributed by atoms with van der Waals surface area (Å²) < 4.78 is 0. The second-order valence-corrected chi connectivity index (χ2v) is 5.88. The van der Waals surface area contributed by atoms with E-state index in [1.807, 2.05) is 32.8 Å². The summed E-state index contributed by atoms with van der Waals surface area (Å²) in [6.07, 6.45) is 2.27. The fourth-order valence-electron chi connectivity index (χ4n) is 2.63. The van der Waals surface area contributed by atoms with Crippen molar-refractivity contribution >= 4 is 11.6 Å². The number of rotatable bonds is 6. The number of likely N-dealkylation sites (N-methyl/N-ethyl adjacent to an activating group) is 2. The first-order valence-corrected chi connectivity index (χ1v) is 7.25. The smallest absolute Gasteiger partial charge is 0.276 e. The fraction of sp³-hybridized carbons (Fsp3) is 0.714. The van der Waals surface area contributed by atoms with Crippen molar-refractivity contribution < 1.29 is 4.79 Å². The molecule has 0 aliphatic heterocycles. The van der Waals surface area contributed by atoms with Gasteiger partial charge in [-0.2, -0.15) is 5.10 Å². The van der Waals surface area contributed by atoms with Crippen LogP contribution in [-0.2, 0) is 0 Å². The Labute approximate surface area is 120 Å². The highest BCUT2D eigenvalue weighted by Gasteiger charge is 2.32. The number of aromatic amines is 1. The van der Waals surface area contributed by atoms with Crippen LogP contribution in [-0.4, -0.2) is 59.1 Å². The van der Waals surface area contributed by atoms with E-state index >= 15 is 0 Å². The molecule has 0 aromatic carbocycles. The van der Waals surface area contributed by atoms with Crippen LogP contribution in [0.2, 0.25) is 0 Å². The molecule has 1 atom stereocenters. The largest absolute Gasteiger partial charge is 0.395 e. The highest BCUT2D eigenvalue weighted by Crippen LogP contribution is 2.42. The molecule has 1 saturated carbocycles. The summed E-state index contributed by atoms with van der Waals surface area (Å²) in [6, 6.07) is 0.128. The summed E-state index contributed by atoms with van der Waals surface area (Å²) in [4.78, 5) is 16.5. The molecule has 0 bridgehead atoms. The lowest BCUT2D eigenvalue weighted by atomic mass is 10.2. The molecule has 1 fully saturated rings. The second kappa shape index (κ2) is 5.83. The molecule has 1 aliphatic carbocycles. The summed E-state index contributed by atoms with van der Waals surface area (Å²) in [7, 11) is 4.01. The van der Waals surface area contributed by atoms with Gasteiger partial charge in [-0.1, -0.05) is 0 Å². The Kier molecular flexibility index (Phi) is 4.32. The van der Waals surface area contributed by atoms with E-state index in [1.54, 1.807) is 0 Å². The number of nitrogen functional groups attached to an aromatic ring is 1. The van der Waals surface area contributed by atoms with E-state index in [1.165, 1.54) is 0 Å². The molecule has 0 saturated heterocycles. The van der Waals surface area contributed by atoms with Crippen LogP contribution in [0.3, 0.4) is 0 Å². The summed E-state index contributed by atoms with van der Waals surface area (Å²) in [5.74, 6) is 0.390. The van der Waals surface area contributed by atoms with Crippen molar-refractivity contribution in [1.29, 1.82) is 0 Å². The highest BCUT2D eigenvalue weighted by atomic mass is 16.2. The number of aromatic nitrogens is 2. The quantitative estimate of drug-likeness (QED) is 0.822. The lowest BCUT2D eigenvalue weighted by Crippen LogP contribution is -2.44. The number of nitrogens with two attached hydrogens (primary N) is 1. The lowest BCUT2D eigenvalue weighted by molar-refractivity contribution is 0.0674. The van der Waals surface area contributed by atoms with Gasteiger partial charge in [0, 0.05) is 25.0 Å². The minimum absolute atomic E-state index is 0.0810. The van der Waals surface area contributed by atoms with Crippen molar-refractivity contribution in [3.8, 4) is 0 Å². The molecule has 6 heteroatoms. The Morgan fingerprint density at radius 2 is 2.15 bits per heavy atom. The van der Waals surface area contributed by atoms with Crippen molar-refractivity contribution in [1.82, 2.24) is 20.0 Å². The van der Waals surface area contributed by atoms with Crippen molar-refractivity contribution in [2.24, 2.45) is 0 Å². The Balaban J connectivity index is 2.15. The molecular weight excluding hydrogens is 254 g/mol. The number of hydrogen-bond donors (Lipinski definition) is 2. The monoisotopic (exact) mass is 279 g/mol. The van der Waals surface area contributed by atoms with E-state index in [0.717, 1.165) is 25.1 Å². The topological polar surface area (TPSA) is 78.2 Å². The molecule has 0 spiro atoms. The maximum Gasteiger partial charge on any atom is 0.276 e. The number of carbonyl (C=O) groups excluding carboxylic acids is 1. The van der Waals surface area contributed by atoms with E-state index in [4.69, 9.17) is 5.73 Å². The Morgan fingerprint density at radius 1 is 1.50 bits per heavy atom. The normalized spacial score (nSPS) is 16.4. The molecule has 20 heavy (non-hydrogen) atoms. The van der Waals surface area contributed by atoms with E-state index in [2.05, 4.69) is 15.1 Å². The number of amides is 1. The van der Waals surface area contributed by atoms with Gasteiger partial charge in [0.25, 0.3) is 5.91 Å². The first-order chi connectivity index (χ1) is 9.45. The number of hydrogen-bond acceptors (Lipinski definition) is 4. The van der Waals surface area contributed by atoms with Crippen LogP contribution < -0.4 is 5.73 Å². The predicted octanol–water partition coefficient (Wildman–Crippen LogP) is 1.28. The first-order valence-electron chi connectivity index (χ1n) is 7.25. The maximum absolute atomic E-state index is 12.6.